The second kappa shape index (κ2) is 4.00. The standard InChI is InChI=1S/C9H13N3O3S/c10-9-8(2-1-4-11-9)16(14,15)12-5-3-7(13)6-12/h1-2,4,7,13H,3,5-6H2,(H2,10,11). The molecule has 0 spiro atoms. The maximum absolute atomic E-state index is 12.1. The summed E-state index contributed by atoms with van der Waals surface area (Å²) in [4.78, 5) is 3.75. The highest BCUT2D eigenvalue weighted by Crippen LogP contribution is 2.23. The predicted molar refractivity (Wildman–Crippen MR) is 58.0 cm³/mol. The Bertz CT molecular complexity index is 489. The summed E-state index contributed by atoms with van der Waals surface area (Å²) in [6.45, 7) is 0.439. The highest BCUT2D eigenvalue weighted by molar-refractivity contribution is 7.89. The van der Waals surface area contributed by atoms with Gasteiger partial charge in [0.1, 0.15) is 10.7 Å². The number of aliphatic hydroxyl groups is 1. The number of nitrogen functional groups attached to an aromatic ring is 1. The average molecular weight is 243 g/mol. The summed E-state index contributed by atoms with van der Waals surface area (Å²) in [5, 5.41) is 9.33. The van der Waals surface area contributed by atoms with Crippen LogP contribution in [-0.4, -0.2) is 42.0 Å². The van der Waals surface area contributed by atoms with E-state index in [1.807, 2.05) is 0 Å². The fraction of sp³-hybridized carbons (Fsp3) is 0.444. The Labute approximate surface area is 93.8 Å². The molecule has 1 aliphatic heterocycles. The number of nitrogens with zero attached hydrogens (tertiary/aromatic N) is 2. The number of aliphatic hydroxyl groups excluding tert-OH is 1. The Morgan fingerprint density at radius 1 is 1.56 bits per heavy atom. The molecule has 6 nitrogen and oxygen atoms in total. The minimum Gasteiger partial charge on any atom is -0.392 e. The van der Waals surface area contributed by atoms with Crippen molar-refractivity contribution in [3.05, 3.63) is 18.3 Å². The molecule has 0 bridgehead atoms. The molecule has 7 heteroatoms. The first-order chi connectivity index (χ1) is 7.51. The van der Waals surface area contributed by atoms with E-state index in [2.05, 4.69) is 4.98 Å². The van der Waals surface area contributed by atoms with Gasteiger partial charge in [0.05, 0.1) is 6.10 Å². The molecule has 1 aliphatic rings. The van der Waals surface area contributed by atoms with Crippen LogP contribution in [-0.2, 0) is 10.0 Å². The molecule has 1 saturated heterocycles. The van der Waals surface area contributed by atoms with Crippen molar-refractivity contribution in [1.82, 2.24) is 9.29 Å². The van der Waals surface area contributed by atoms with Crippen molar-refractivity contribution in [2.24, 2.45) is 0 Å². The molecule has 1 aromatic rings. The van der Waals surface area contributed by atoms with E-state index in [9.17, 15) is 13.5 Å². The molecule has 1 fully saturated rings. The normalized spacial score (nSPS) is 22.4. The van der Waals surface area contributed by atoms with Crippen LogP contribution in [0.2, 0.25) is 0 Å². The smallest absolute Gasteiger partial charge is 0.246 e. The van der Waals surface area contributed by atoms with Gasteiger partial charge in [-0.3, -0.25) is 0 Å². The van der Waals surface area contributed by atoms with Crippen LogP contribution >= 0.6 is 0 Å². The average Bonchev–Trinajstić information content (AvgIpc) is 2.66. The maximum Gasteiger partial charge on any atom is 0.246 e. The van der Waals surface area contributed by atoms with Crippen molar-refractivity contribution in [2.45, 2.75) is 17.4 Å². The van der Waals surface area contributed by atoms with Crippen LogP contribution in [0.3, 0.4) is 0 Å². The molecule has 2 rings (SSSR count). The molecule has 1 atom stereocenters. The fourth-order valence-corrected chi connectivity index (χ4v) is 3.25. The van der Waals surface area contributed by atoms with Crippen LogP contribution in [0.5, 0.6) is 0 Å². The Morgan fingerprint density at radius 2 is 2.31 bits per heavy atom. The summed E-state index contributed by atoms with van der Waals surface area (Å²) in [6.07, 6.45) is 1.31. The monoisotopic (exact) mass is 243 g/mol. The number of anilines is 1. The van der Waals surface area contributed by atoms with Gasteiger partial charge in [-0.15, -0.1) is 0 Å². The third kappa shape index (κ3) is 1.89. The summed E-state index contributed by atoms with van der Waals surface area (Å²) in [5.41, 5.74) is 5.53. The lowest BCUT2D eigenvalue weighted by Gasteiger charge is -2.16. The van der Waals surface area contributed by atoms with Crippen molar-refractivity contribution in [3.63, 3.8) is 0 Å². The van der Waals surface area contributed by atoms with E-state index in [0.717, 1.165) is 0 Å². The van der Waals surface area contributed by atoms with Gasteiger partial charge in [-0.2, -0.15) is 4.31 Å². The van der Waals surface area contributed by atoms with E-state index < -0.39 is 16.1 Å². The molecule has 88 valence electrons. The third-order valence-electron chi connectivity index (χ3n) is 2.54. The highest BCUT2D eigenvalue weighted by atomic mass is 32.2. The summed E-state index contributed by atoms with van der Waals surface area (Å²) >= 11 is 0. The summed E-state index contributed by atoms with van der Waals surface area (Å²) < 4.78 is 25.4. The zero-order chi connectivity index (χ0) is 11.8. The molecular formula is C9H13N3O3S. The van der Waals surface area contributed by atoms with Gasteiger partial charge in [0.2, 0.25) is 10.0 Å². The van der Waals surface area contributed by atoms with Crippen molar-refractivity contribution in [3.8, 4) is 0 Å². The molecule has 0 aliphatic carbocycles. The fourth-order valence-electron chi connectivity index (χ4n) is 1.69. The molecule has 0 radical (unpaired) electrons. The van der Waals surface area contributed by atoms with E-state index in [0.29, 0.717) is 13.0 Å². The van der Waals surface area contributed by atoms with Crippen molar-refractivity contribution >= 4 is 15.8 Å². The number of hydrogen-bond donors (Lipinski definition) is 2. The van der Waals surface area contributed by atoms with E-state index in [-0.39, 0.29) is 17.3 Å². The van der Waals surface area contributed by atoms with E-state index in [4.69, 9.17) is 5.73 Å². The van der Waals surface area contributed by atoms with Crippen LogP contribution in [0.25, 0.3) is 0 Å². The van der Waals surface area contributed by atoms with Gasteiger partial charge in [-0.1, -0.05) is 0 Å². The van der Waals surface area contributed by atoms with Crippen LogP contribution in [0, 0.1) is 0 Å². The quantitative estimate of drug-likeness (QED) is 0.724. The largest absolute Gasteiger partial charge is 0.392 e. The predicted octanol–water partition coefficient (Wildman–Crippen LogP) is -0.581. The highest BCUT2D eigenvalue weighted by Gasteiger charge is 2.32. The number of nitrogens with two attached hydrogens (primary N) is 1. The Morgan fingerprint density at radius 3 is 2.88 bits per heavy atom. The number of hydrogen-bond acceptors (Lipinski definition) is 5. The molecule has 0 aromatic carbocycles. The van der Waals surface area contributed by atoms with Gasteiger partial charge < -0.3 is 10.8 Å². The van der Waals surface area contributed by atoms with Crippen molar-refractivity contribution in [1.29, 1.82) is 0 Å². The number of pyridine rings is 1. The minimum atomic E-state index is -3.62. The number of β-amino-alcohol motifs (C(OH)–C–C–N with tert-alkyl or cyclic N) is 1. The maximum atomic E-state index is 12.1. The van der Waals surface area contributed by atoms with Crippen molar-refractivity contribution < 1.29 is 13.5 Å². The lowest BCUT2D eigenvalue weighted by molar-refractivity contribution is 0.189. The van der Waals surface area contributed by atoms with Gasteiger partial charge in [-0.25, -0.2) is 13.4 Å². The first-order valence-electron chi connectivity index (χ1n) is 4.90. The van der Waals surface area contributed by atoms with Gasteiger partial charge in [0.25, 0.3) is 0 Å². The molecule has 2 heterocycles. The first kappa shape index (κ1) is 11.3. The topological polar surface area (TPSA) is 96.5 Å². The van der Waals surface area contributed by atoms with Crippen LogP contribution in [0.1, 0.15) is 6.42 Å². The van der Waals surface area contributed by atoms with Crippen LogP contribution in [0.4, 0.5) is 5.82 Å². The Kier molecular flexibility index (Phi) is 2.83. The molecule has 3 N–H and O–H groups in total. The van der Waals surface area contributed by atoms with Crippen molar-refractivity contribution in [2.75, 3.05) is 18.8 Å². The Hall–Kier alpha value is -1.18. The van der Waals surface area contributed by atoms with E-state index in [1.54, 1.807) is 0 Å². The minimum absolute atomic E-state index is 0.00380. The van der Waals surface area contributed by atoms with Gasteiger partial charge >= 0.3 is 0 Å². The second-order valence-electron chi connectivity index (χ2n) is 3.69. The number of rotatable bonds is 2. The summed E-state index contributed by atoms with van der Waals surface area (Å²) in [6, 6.07) is 2.94. The second-order valence-corrected chi connectivity index (χ2v) is 5.60. The first-order valence-corrected chi connectivity index (χ1v) is 6.34. The molecule has 0 saturated carbocycles. The zero-order valence-electron chi connectivity index (χ0n) is 8.57. The molecule has 16 heavy (non-hydrogen) atoms. The molecule has 1 unspecified atom stereocenters. The van der Waals surface area contributed by atoms with E-state index in [1.165, 1.54) is 22.6 Å². The Balaban J connectivity index is 2.36. The van der Waals surface area contributed by atoms with Gasteiger partial charge in [0.15, 0.2) is 0 Å². The van der Waals surface area contributed by atoms with E-state index >= 15 is 0 Å². The SMILES string of the molecule is Nc1ncccc1S(=O)(=O)N1CCC(O)C1. The zero-order valence-corrected chi connectivity index (χ0v) is 9.39. The molecular weight excluding hydrogens is 230 g/mol. The summed E-state index contributed by atoms with van der Waals surface area (Å²) in [7, 11) is -3.62. The lowest BCUT2D eigenvalue weighted by Crippen LogP contribution is -2.30. The molecule has 0 amide bonds. The number of aromatic nitrogens is 1. The third-order valence-corrected chi connectivity index (χ3v) is 4.46. The molecule has 1 aromatic heterocycles. The van der Waals surface area contributed by atoms with Gasteiger partial charge in [-0.05, 0) is 18.6 Å². The number of sulfonamides is 1. The van der Waals surface area contributed by atoms with Crippen LogP contribution in [0.15, 0.2) is 23.2 Å². The van der Waals surface area contributed by atoms with Crippen LogP contribution < -0.4 is 5.73 Å². The lowest BCUT2D eigenvalue weighted by atomic mass is 10.3. The summed E-state index contributed by atoms with van der Waals surface area (Å²) in [5.74, 6) is -0.0103. The van der Waals surface area contributed by atoms with Gasteiger partial charge in [0, 0.05) is 19.3 Å².